The normalized spacial score (nSPS) is 15.2. The second-order valence-corrected chi connectivity index (χ2v) is 5.81. The van der Waals surface area contributed by atoms with Gasteiger partial charge in [-0.3, -0.25) is 4.79 Å². The fraction of sp³-hybridized carbons (Fsp3) is 0.833. The summed E-state index contributed by atoms with van der Waals surface area (Å²) in [6.07, 6.45) is 0. The first-order valence-electron chi connectivity index (χ1n) is 2.73. The molecule has 9 heavy (non-hydrogen) atoms. The van der Waals surface area contributed by atoms with Crippen molar-refractivity contribution in [2.45, 2.75) is 29.9 Å². The molecule has 0 amide bonds. The Labute approximate surface area is 72.5 Å². The molecule has 0 rings (SSSR count). The summed E-state index contributed by atoms with van der Waals surface area (Å²) < 4.78 is -0.393. The monoisotopic (exact) mass is 256 g/mol. The second kappa shape index (κ2) is 3.15. The van der Waals surface area contributed by atoms with E-state index in [9.17, 15) is 4.79 Å². The Morgan fingerprint density at radius 1 is 1.56 bits per heavy atom. The Morgan fingerprint density at radius 3 is 1.89 bits per heavy atom. The minimum absolute atomic E-state index is 0.0631. The first kappa shape index (κ1) is 9.63. The van der Waals surface area contributed by atoms with E-state index < -0.39 is 4.32 Å². The highest BCUT2D eigenvalue weighted by molar-refractivity contribution is 9.11. The zero-order valence-electron chi connectivity index (χ0n) is 5.74. The number of ketones is 1. The van der Waals surface area contributed by atoms with Crippen LogP contribution in [0.4, 0.5) is 0 Å². The molecule has 0 N–H and O–H groups in total. The van der Waals surface area contributed by atoms with Crippen molar-refractivity contribution in [2.24, 2.45) is 0 Å². The summed E-state index contributed by atoms with van der Waals surface area (Å²) in [6, 6.07) is 0. The van der Waals surface area contributed by atoms with E-state index >= 15 is 0 Å². The molecule has 0 aliphatic carbocycles. The summed E-state index contributed by atoms with van der Waals surface area (Å²) in [5.74, 6) is 0.169. The first-order chi connectivity index (χ1) is 3.85. The highest BCUT2D eigenvalue weighted by Gasteiger charge is 2.26. The predicted octanol–water partition coefficient (Wildman–Crippen LogP) is 2.51. The van der Waals surface area contributed by atoms with Crippen molar-refractivity contribution in [2.75, 3.05) is 0 Å². The van der Waals surface area contributed by atoms with Gasteiger partial charge in [-0.1, -0.05) is 31.9 Å². The van der Waals surface area contributed by atoms with Crippen LogP contribution in [-0.2, 0) is 4.79 Å². The maximum Gasteiger partial charge on any atom is 0.162 e. The van der Waals surface area contributed by atoms with Crippen LogP contribution in [0, 0.1) is 0 Å². The van der Waals surface area contributed by atoms with Crippen LogP contribution in [0.1, 0.15) is 20.8 Å². The van der Waals surface area contributed by atoms with Crippen molar-refractivity contribution < 1.29 is 4.79 Å². The molecular weight excluding hydrogens is 248 g/mol. The van der Waals surface area contributed by atoms with Crippen LogP contribution in [0.2, 0.25) is 0 Å². The molecule has 0 fully saturated rings. The highest BCUT2D eigenvalue weighted by atomic mass is 79.9. The number of carbonyl (C=O) groups is 1. The van der Waals surface area contributed by atoms with E-state index in [-0.39, 0.29) is 10.6 Å². The molecular formula is C6H10Br2O. The molecule has 1 unspecified atom stereocenters. The van der Waals surface area contributed by atoms with Gasteiger partial charge in [-0.15, -0.1) is 0 Å². The van der Waals surface area contributed by atoms with Gasteiger partial charge in [-0.25, -0.2) is 0 Å². The number of alkyl halides is 2. The van der Waals surface area contributed by atoms with E-state index in [4.69, 9.17) is 0 Å². The van der Waals surface area contributed by atoms with Gasteiger partial charge in [0.1, 0.15) is 0 Å². The van der Waals surface area contributed by atoms with Crippen molar-refractivity contribution in [3.05, 3.63) is 0 Å². The van der Waals surface area contributed by atoms with Crippen LogP contribution >= 0.6 is 31.9 Å². The molecule has 0 aliphatic rings. The molecule has 0 radical (unpaired) electrons. The van der Waals surface area contributed by atoms with Crippen LogP contribution in [0.25, 0.3) is 0 Å². The van der Waals surface area contributed by atoms with E-state index in [0.717, 1.165) is 0 Å². The smallest absolute Gasteiger partial charge is 0.162 e. The SMILES string of the molecule is CC(Br)C(=O)C(C)(C)Br. The number of rotatable bonds is 2. The molecule has 1 atom stereocenters. The molecule has 0 aromatic rings. The average molecular weight is 258 g/mol. The van der Waals surface area contributed by atoms with Crippen LogP contribution in [-0.4, -0.2) is 14.9 Å². The molecule has 0 aliphatic heterocycles. The van der Waals surface area contributed by atoms with Gasteiger partial charge in [0.2, 0.25) is 0 Å². The minimum Gasteiger partial charge on any atom is -0.297 e. The Morgan fingerprint density at radius 2 is 1.89 bits per heavy atom. The molecule has 0 aromatic heterocycles. The van der Waals surface area contributed by atoms with Gasteiger partial charge in [0.05, 0.1) is 9.15 Å². The lowest BCUT2D eigenvalue weighted by Crippen LogP contribution is -2.29. The average Bonchev–Trinajstić information content (AvgIpc) is 1.62. The van der Waals surface area contributed by atoms with E-state index in [1.54, 1.807) is 0 Å². The largest absolute Gasteiger partial charge is 0.297 e. The van der Waals surface area contributed by atoms with Gasteiger partial charge in [0.15, 0.2) is 5.78 Å². The molecule has 1 nitrogen and oxygen atoms in total. The molecule has 54 valence electrons. The topological polar surface area (TPSA) is 17.1 Å². The highest BCUT2D eigenvalue weighted by Crippen LogP contribution is 2.21. The van der Waals surface area contributed by atoms with Gasteiger partial charge in [0, 0.05) is 0 Å². The minimum atomic E-state index is -0.393. The number of hydrogen-bond acceptors (Lipinski definition) is 1. The fourth-order valence-corrected chi connectivity index (χ4v) is 1.70. The number of Topliss-reactive ketones (excluding diaryl/α,β-unsaturated/α-hetero) is 1. The third-order valence-electron chi connectivity index (χ3n) is 0.947. The third-order valence-corrected chi connectivity index (χ3v) is 1.75. The molecule has 0 bridgehead atoms. The Balaban J connectivity index is 4.06. The van der Waals surface area contributed by atoms with Crippen molar-refractivity contribution in [3.8, 4) is 0 Å². The number of hydrogen-bond donors (Lipinski definition) is 0. The quantitative estimate of drug-likeness (QED) is 0.695. The lowest BCUT2D eigenvalue weighted by atomic mass is 10.1. The lowest BCUT2D eigenvalue weighted by molar-refractivity contribution is -0.119. The van der Waals surface area contributed by atoms with Crippen LogP contribution in [0.15, 0.2) is 0 Å². The van der Waals surface area contributed by atoms with Crippen LogP contribution < -0.4 is 0 Å². The number of carbonyl (C=O) groups excluding carboxylic acids is 1. The summed E-state index contributed by atoms with van der Waals surface area (Å²) in [5, 5.41) is 0. The van der Waals surface area contributed by atoms with Crippen molar-refractivity contribution in [1.82, 2.24) is 0 Å². The van der Waals surface area contributed by atoms with E-state index in [2.05, 4.69) is 31.9 Å². The van der Waals surface area contributed by atoms with E-state index in [0.29, 0.717) is 0 Å². The van der Waals surface area contributed by atoms with Gasteiger partial charge in [-0.2, -0.15) is 0 Å². The summed E-state index contributed by atoms with van der Waals surface area (Å²) in [7, 11) is 0. The zero-order valence-corrected chi connectivity index (χ0v) is 8.91. The predicted molar refractivity (Wildman–Crippen MR) is 46.4 cm³/mol. The van der Waals surface area contributed by atoms with Crippen LogP contribution in [0.5, 0.6) is 0 Å². The number of halogens is 2. The van der Waals surface area contributed by atoms with Gasteiger partial charge in [-0.05, 0) is 20.8 Å². The molecule has 0 heterocycles. The Kier molecular flexibility index (Phi) is 3.37. The summed E-state index contributed by atoms with van der Waals surface area (Å²) in [6.45, 7) is 5.51. The summed E-state index contributed by atoms with van der Waals surface area (Å²) in [5.41, 5.74) is 0. The second-order valence-electron chi connectivity index (χ2n) is 2.45. The first-order valence-corrected chi connectivity index (χ1v) is 4.44. The van der Waals surface area contributed by atoms with Crippen molar-refractivity contribution in [3.63, 3.8) is 0 Å². The Hall–Kier alpha value is 0.630. The standard InChI is InChI=1S/C6H10Br2O/c1-4(7)5(9)6(2,3)8/h4H,1-3H3. The van der Waals surface area contributed by atoms with E-state index in [1.807, 2.05) is 20.8 Å². The molecule has 3 heteroatoms. The third kappa shape index (κ3) is 3.36. The Bertz CT molecular complexity index is 113. The van der Waals surface area contributed by atoms with Crippen molar-refractivity contribution >= 4 is 37.6 Å². The van der Waals surface area contributed by atoms with Gasteiger partial charge in [0.25, 0.3) is 0 Å². The molecule has 0 saturated carbocycles. The maximum absolute atomic E-state index is 11.1. The van der Waals surface area contributed by atoms with Gasteiger partial charge < -0.3 is 0 Å². The summed E-state index contributed by atoms with van der Waals surface area (Å²) in [4.78, 5) is 11.0. The molecule has 0 spiro atoms. The summed E-state index contributed by atoms with van der Waals surface area (Å²) >= 11 is 6.46. The maximum atomic E-state index is 11.1. The molecule has 0 saturated heterocycles. The fourth-order valence-electron chi connectivity index (χ4n) is 0.473. The van der Waals surface area contributed by atoms with E-state index in [1.165, 1.54) is 0 Å². The van der Waals surface area contributed by atoms with Gasteiger partial charge >= 0.3 is 0 Å². The van der Waals surface area contributed by atoms with Crippen LogP contribution in [0.3, 0.4) is 0 Å². The molecule has 0 aromatic carbocycles. The van der Waals surface area contributed by atoms with Crippen molar-refractivity contribution in [1.29, 1.82) is 0 Å². The lowest BCUT2D eigenvalue weighted by Gasteiger charge is -2.15. The zero-order chi connectivity index (χ0) is 7.65.